The maximum Gasteiger partial charge on any atom is 0.262 e. The lowest BCUT2D eigenvalue weighted by Gasteiger charge is -2.12. The Morgan fingerprint density at radius 3 is 2.53 bits per heavy atom. The van der Waals surface area contributed by atoms with Crippen molar-refractivity contribution in [2.45, 2.75) is 13.5 Å². The summed E-state index contributed by atoms with van der Waals surface area (Å²) in [4.78, 5) is 24.9. The van der Waals surface area contributed by atoms with Crippen molar-refractivity contribution in [1.82, 2.24) is 5.32 Å². The van der Waals surface area contributed by atoms with E-state index in [2.05, 4.69) is 10.6 Å². The Morgan fingerprint density at radius 1 is 1.03 bits per heavy atom. The number of nitrogens with zero attached hydrogens (tertiary/aromatic N) is 1. The van der Waals surface area contributed by atoms with Gasteiger partial charge >= 0.3 is 0 Å². The zero-order valence-electron chi connectivity index (χ0n) is 19.0. The molecular weight excluding hydrogens is 430 g/mol. The summed E-state index contributed by atoms with van der Waals surface area (Å²) in [5.74, 6) is -0.0320. The molecule has 3 aromatic rings. The minimum atomic E-state index is -0.509. The number of nitrogens with one attached hydrogen (secondary N) is 2. The molecule has 0 fully saturated rings. The number of nitriles is 1. The lowest BCUT2D eigenvalue weighted by molar-refractivity contribution is -0.118. The van der Waals surface area contributed by atoms with E-state index in [4.69, 9.17) is 9.47 Å². The van der Waals surface area contributed by atoms with Gasteiger partial charge < -0.3 is 20.1 Å². The van der Waals surface area contributed by atoms with Gasteiger partial charge in [-0.05, 0) is 48.4 Å². The van der Waals surface area contributed by atoms with E-state index in [0.717, 1.165) is 11.1 Å². The van der Waals surface area contributed by atoms with Gasteiger partial charge in [0.1, 0.15) is 23.1 Å². The molecule has 2 N–H and O–H groups in total. The Kier molecular flexibility index (Phi) is 8.42. The third-order valence-electron chi connectivity index (χ3n) is 4.84. The number of ether oxygens (including phenoxy) is 2. The third kappa shape index (κ3) is 6.97. The van der Waals surface area contributed by atoms with Crippen LogP contribution < -0.4 is 20.1 Å². The van der Waals surface area contributed by atoms with Gasteiger partial charge in [-0.1, -0.05) is 42.5 Å². The average molecular weight is 456 g/mol. The molecule has 0 saturated carbocycles. The van der Waals surface area contributed by atoms with E-state index in [-0.39, 0.29) is 18.1 Å². The quantitative estimate of drug-likeness (QED) is 0.371. The summed E-state index contributed by atoms with van der Waals surface area (Å²) in [5, 5.41) is 15.1. The van der Waals surface area contributed by atoms with Crippen LogP contribution in [0.2, 0.25) is 0 Å². The molecule has 0 atom stereocenters. The van der Waals surface area contributed by atoms with E-state index >= 15 is 0 Å². The van der Waals surface area contributed by atoms with Gasteiger partial charge in [0.2, 0.25) is 0 Å². The number of benzene rings is 3. The second kappa shape index (κ2) is 11.9. The SMILES string of the molecule is COc1ccc(/C=C(\C#N)C(=O)NCc2ccccc2)c(OCC(=O)Nc2cccc(C)c2)c1. The number of methoxy groups -OCH3 is 1. The Bertz CT molecular complexity index is 1230. The van der Waals surface area contributed by atoms with Crippen molar-refractivity contribution in [3.8, 4) is 17.6 Å². The molecule has 0 aliphatic heterocycles. The van der Waals surface area contributed by atoms with Crippen LogP contribution >= 0.6 is 0 Å². The first-order valence-electron chi connectivity index (χ1n) is 10.6. The molecular formula is C27H25N3O4. The van der Waals surface area contributed by atoms with Gasteiger partial charge in [0, 0.05) is 23.9 Å². The van der Waals surface area contributed by atoms with Gasteiger partial charge in [-0.3, -0.25) is 9.59 Å². The monoisotopic (exact) mass is 455 g/mol. The Morgan fingerprint density at radius 2 is 1.82 bits per heavy atom. The smallest absolute Gasteiger partial charge is 0.262 e. The number of carbonyl (C=O) groups is 2. The number of anilines is 1. The molecule has 0 spiro atoms. The molecule has 0 aromatic heterocycles. The van der Waals surface area contributed by atoms with Gasteiger partial charge in [-0.15, -0.1) is 0 Å². The minimum Gasteiger partial charge on any atom is -0.497 e. The number of hydrogen-bond acceptors (Lipinski definition) is 5. The van der Waals surface area contributed by atoms with Crippen LogP contribution in [0.1, 0.15) is 16.7 Å². The van der Waals surface area contributed by atoms with Crippen LogP contribution in [0.15, 0.2) is 78.4 Å². The van der Waals surface area contributed by atoms with Crippen LogP contribution in [0.4, 0.5) is 5.69 Å². The molecule has 0 aliphatic carbocycles. The fourth-order valence-electron chi connectivity index (χ4n) is 3.13. The topological polar surface area (TPSA) is 100 Å². The summed E-state index contributed by atoms with van der Waals surface area (Å²) in [6.07, 6.45) is 1.42. The second-order valence-corrected chi connectivity index (χ2v) is 7.45. The zero-order valence-corrected chi connectivity index (χ0v) is 19.0. The molecule has 0 aliphatic rings. The summed E-state index contributed by atoms with van der Waals surface area (Å²) < 4.78 is 11.0. The zero-order chi connectivity index (χ0) is 24.3. The fraction of sp³-hybridized carbons (Fsp3) is 0.148. The van der Waals surface area contributed by atoms with Crippen molar-refractivity contribution in [2.24, 2.45) is 0 Å². The molecule has 172 valence electrons. The Balaban J connectivity index is 1.72. The first kappa shape index (κ1) is 24.1. The van der Waals surface area contributed by atoms with E-state index in [9.17, 15) is 14.9 Å². The van der Waals surface area contributed by atoms with E-state index in [1.54, 1.807) is 24.3 Å². The molecule has 7 heteroatoms. The van der Waals surface area contributed by atoms with Crippen molar-refractivity contribution in [3.05, 3.63) is 95.1 Å². The number of hydrogen-bond donors (Lipinski definition) is 2. The van der Waals surface area contributed by atoms with Crippen molar-refractivity contribution in [2.75, 3.05) is 19.0 Å². The summed E-state index contributed by atoms with van der Waals surface area (Å²) in [6, 6.07) is 23.7. The van der Waals surface area contributed by atoms with E-state index in [1.165, 1.54) is 13.2 Å². The van der Waals surface area contributed by atoms with Crippen LogP contribution in [0.5, 0.6) is 11.5 Å². The number of aryl methyl sites for hydroxylation is 1. The molecule has 3 rings (SSSR count). The second-order valence-electron chi connectivity index (χ2n) is 7.45. The van der Waals surface area contributed by atoms with Gasteiger partial charge in [0.05, 0.1) is 7.11 Å². The van der Waals surface area contributed by atoms with Crippen molar-refractivity contribution < 1.29 is 19.1 Å². The Labute approximate surface area is 198 Å². The molecule has 0 radical (unpaired) electrons. The van der Waals surface area contributed by atoms with Crippen LogP contribution in [0, 0.1) is 18.3 Å². The normalized spacial score (nSPS) is 10.7. The maximum atomic E-state index is 12.6. The average Bonchev–Trinajstić information content (AvgIpc) is 2.85. The van der Waals surface area contributed by atoms with Crippen molar-refractivity contribution in [1.29, 1.82) is 5.26 Å². The van der Waals surface area contributed by atoms with Gasteiger partial charge in [0.25, 0.3) is 11.8 Å². The van der Waals surface area contributed by atoms with E-state index in [1.807, 2.05) is 61.5 Å². The molecule has 0 unspecified atom stereocenters. The number of rotatable bonds is 9. The molecule has 0 heterocycles. The van der Waals surface area contributed by atoms with E-state index < -0.39 is 5.91 Å². The molecule has 0 bridgehead atoms. The lowest BCUT2D eigenvalue weighted by Crippen LogP contribution is -2.24. The minimum absolute atomic E-state index is 0.0878. The highest BCUT2D eigenvalue weighted by Gasteiger charge is 2.13. The van der Waals surface area contributed by atoms with Crippen LogP contribution in [0.25, 0.3) is 6.08 Å². The standard InChI is InChI=1S/C27H25N3O4/c1-19-7-6-10-23(13-19)30-26(31)18-34-25-15-24(33-2)12-11-21(25)14-22(16-28)27(32)29-17-20-8-4-3-5-9-20/h3-15H,17-18H2,1-2H3,(H,29,32)(H,30,31)/b22-14+. The molecule has 7 nitrogen and oxygen atoms in total. The molecule has 0 saturated heterocycles. The molecule has 34 heavy (non-hydrogen) atoms. The van der Waals surface area contributed by atoms with Crippen molar-refractivity contribution in [3.63, 3.8) is 0 Å². The third-order valence-corrected chi connectivity index (χ3v) is 4.84. The largest absolute Gasteiger partial charge is 0.497 e. The molecule has 3 aromatic carbocycles. The van der Waals surface area contributed by atoms with Crippen LogP contribution in [0.3, 0.4) is 0 Å². The summed E-state index contributed by atoms with van der Waals surface area (Å²) >= 11 is 0. The summed E-state index contributed by atoms with van der Waals surface area (Å²) in [7, 11) is 1.51. The maximum absolute atomic E-state index is 12.6. The fourth-order valence-corrected chi connectivity index (χ4v) is 3.13. The van der Waals surface area contributed by atoms with E-state index in [0.29, 0.717) is 29.3 Å². The first-order chi connectivity index (χ1) is 16.5. The first-order valence-corrected chi connectivity index (χ1v) is 10.6. The lowest BCUT2D eigenvalue weighted by atomic mass is 10.1. The van der Waals surface area contributed by atoms with Crippen LogP contribution in [-0.2, 0) is 16.1 Å². The van der Waals surface area contributed by atoms with Gasteiger partial charge in [0.15, 0.2) is 6.61 Å². The summed E-state index contributed by atoms with van der Waals surface area (Å²) in [6.45, 7) is 1.97. The predicted molar refractivity (Wildman–Crippen MR) is 130 cm³/mol. The summed E-state index contributed by atoms with van der Waals surface area (Å²) in [5.41, 5.74) is 2.99. The highest BCUT2D eigenvalue weighted by atomic mass is 16.5. The highest BCUT2D eigenvalue weighted by molar-refractivity contribution is 6.02. The molecule has 2 amide bonds. The number of carbonyl (C=O) groups excluding carboxylic acids is 2. The van der Waals surface area contributed by atoms with Crippen LogP contribution in [-0.4, -0.2) is 25.5 Å². The van der Waals surface area contributed by atoms with Gasteiger partial charge in [-0.2, -0.15) is 5.26 Å². The predicted octanol–water partition coefficient (Wildman–Crippen LogP) is 4.24. The van der Waals surface area contributed by atoms with Gasteiger partial charge in [-0.25, -0.2) is 0 Å². The number of amides is 2. The van der Waals surface area contributed by atoms with Crippen molar-refractivity contribution >= 4 is 23.6 Å². The Hall–Kier alpha value is -4.57. The highest BCUT2D eigenvalue weighted by Crippen LogP contribution is 2.27.